The molecule has 26 heavy (non-hydrogen) atoms. The lowest BCUT2D eigenvalue weighted by Crippen LogP contribution is -2.27. The fourth-order valence-electron chi connectivity index (χ4n) is 5.65. The van der Waals surface area contributed by atoms with E-state index >= 15 is 0 Å². The van der Waals surface area contributed by atoms with Crippen LogP contribution in [0.2, 0.25) is 0 Å². The van der Waals surface area contributed by atoms with E-state index in [1.54, 1.807) is 18.2 Å². The Kier molecular flexibility index (Phi) is 2.50. The Morgan fingerprint density at radius 1 is 1.04 bits per heavy atom. The van der Waals surface area contributed by atoms with Crippen LogP contribution in [-0.4, -0.2) is 10.2 Å². The zero-order valence-electron chi connectivity index (χ0n) is 14.1. The van der Waals surface area contributed by atoms with Crippen molar-refractivity contribution in [3.63, 3.8) is 0 Å². The quantitative estimate of drug-likeness (QED) is 0.731. The molecule has 4 nitrogen and oxygen atoms in total. The number of hydrogen-bond donors (Lipinski definition) is 2. The summed E-state index contributed by atoms with van der Waals surface area (Å²) in [5.41, 5.74) is 2.28. The highest BCUT2D eigenvalue weighted by Gasteiger charge is 2.84. The normalized spacial score (nSPS) is 30.8. The molecule has 2 N–H and O–H groups in total. The third-order valence-electron chi connectivity index (χ3n) is 6.91. The van der Waals surface area contributed by atoms with Crippen LogP contribution in [-0.2, 0) is 5.41 Å². The topological polar surface area (TPSA) is 70.7 Å². The first kappa shape index (κ1) is 14.4. The van der Waals surface area contributed by atoms with E-state index in [0.29, 0.717) is 21.9 Å². The predicted molar refractivity (Wildman–Crippen MR) is 97.2 cm³/mol. The van der Waals surface area contributed by atoms with Gasteiger partial charge in [-0.1, -0.05) is 12.5 Å². The van der Waals surface area contributed by atoms with Crippen LogP contribution < -0.4 is 5.43 Å². The standard InChI is InChI=1S/C22H18O4/c23-13-6-3-11(4-7-13)21-20(25)19(24)14-8-5-12(10-16(14)26-21)22-9-1-2-15-17(22)18(15)22/h3-8,10,15,17-18,23,25H,1-2,9H2. The fourth-order valence-corrected chi connectivity index (χ4v) is 5.65. The molecule has 6 rings (SSSR count). The summed E-state index contributed by atoms with van der Waals surface area (Å²) in [6.07, 6.45) is 3.89. The first-order valence-electron chi connectivity index (χ1n) is 9.21. The summed E-state index contributed by atoms with van der Waals surface area (Å²) in [7, 11) is 0. The molecule has 130 valence electrons. The van der Waals surface area contributed by atoms with E-state index in [2.05, 4.69) is 0 Å². The molecular formula is C22H18O4. The fraction of sp³-hybridized carbons (Fsp3) is 0.318. The summed E-state index contributed by atoms with van der Waals surface area (Å²) in [5, 5.41) is 20.2. The lowest BCUT2D eigenvalue weighted by Gasteiger charge is -2.32. The molecule has 2 atom stereocenters. The first-order chi connectivity index (χ1) is 12.6. The molecule has 0 saturated heterocycles. The molecule has 0 aliphatic heterocycles. The van der Waals surface area contributed by atoms with Crippen LogP contribution in [0.15, 0.2) is 51.7 Å². The summed E-state index contributed by atoms with van der Waals surface area (Å²) < 4.78 is 5.97. The van der Waals surface area contributed by atoms with Crippen LogP contribution in [0.3, 0.4) is 0 Å². The van der Waals surface area contributed by atoms with Crippen molar-refractivity contribution < 1.29 is 14.6 Å². The van der Waals surface area contributed by atoms with Gasteiger partial charge in [0.1, 0.15) is 11.3 Å². The summed E-state index contributed by atoms with van der Waals surface area (Å²) in [5.74, 6) is 2.50. The maximum atomic E-state index is 12.6. The van der Waals surface area contributed by atoms with Gasteiger partial charge in [0, 0.05) is 11.0 Å². The Labute approximate surface area is 149 Å². The average Bonchev–Trinajstić information content (AvgIpc) is 3.57. The maximum Gasteiger partial charge on any atom is 0.235 e. The average molecular weight is 346 g/mol. The van der Waals surface area contributed by atoms with Gasteiger partial charge in [-0.15, -0.1) is 0 Å². The smallest absolute Gasteiger partial charge is 0.235 e. The van der Waals surface area contributed by atoms with Gasteiger partial charge in [-0.25, -0.2) is 0 Å². The molecule has 1 aromatic heterocycles. The Hall–Kier alpha value is -2.75. The zero-order valence-corrected chi connectivity index (χ0v) is 14.1. The summed E-state index contributed by atoms with van der Waals surface area (Å²) in [6.45, 7) is 0. The van der Waals surface area contributed by atoms with E-state index < -0.39 is 5.43 Å². The van der Waals surface area contributed by atoms with Crippen molar-refractivity contribution >= 4 is 11.0 Å². The second kappa shape index (κ2) is 4.50. The molecule has 0 bridgehead atoms. The van der Waals surface area contributed by atoms with Gasteiger partial charge in [0.25, 0.3) is 0 Å². The number of phenols is 1. The summed E-state index contributed by atoms with van der Waals surface area (Å²) in [6, 6.07) is 12.1. The molecule has 3 fully saturated rings. The largest absolute Gasteiger partial charge is 0.508 e. The van der Waals surface area contributed by atoms with E-state index in [-0.39, 0.29) is 17.3 Å². The second-order valence-corrected chi connectivity index (χ2v) is 8.01. The van der Waals surface area contributed by atoms with Crippen LogP contribution in [0.4, 0.5) is 0 Å². The van der Waals surface area contributed by atoms with Gasteiger partial charge in [0.2, 0.25) is 11.2 Å². The van der Waals surface area contributed by atoms with Gasteiger partial charge in [0.15, 0.2) is 5.76 Å². The second-order valence-electron chi connectivity index (χ2n) is 8.01. The lowest BCUT2D eigenvalue weighted by molar-refractivity contribution is 0.286. The van der Waals surface area contributed by atoms with Gasteiger partial charge in [0.05, 0.1) is 5.39 Å². The highest BCUT2D eigenvalue weighted by molar-refractivity contribution is 5.83. The van der Waals surface area contributed by atoms with Gasteiger partial charge in [-0.3, -0.25) is 4.79 Å². The Balaban J connectivity index is 1.52. The van der Waals surface area contributed by atoms with Crippen LogP contribution in [0.25, 0.3) is 22.3 Å². The van der Waals surface area contributed by atoms with Crippen LogP contribution in [0.5, 0.6) is 11.5 Å². The van der Waals surface area contributed by atoms with Crippen molar-refractivity contribution in [2.24, 2.45) is 17.8 Å². The van der Waals surface area contributed by atoms with Crippen molar-refractivity contribution in [3.8, 4) is 22.8 Å². The molecule has 3 saturated carbocycles. The number of fused-ring (bicyclic) bond motifs is 3. The lowest BCUT2D eigenvalue weighted by atomic mass is 9.72. The third kappa shape index (κ3) is 1.62. The maximum absolute atomic E-state index is 12.6. The minimum Gasteiger partial charge on any atom is -0.508 e. The van der Waals surface area contributed by atoms with Crippen molar-refractivity contribution in [3.05, 3.63) is 58.3 Å². The van der Waals surface area contributed by atoms with Crippen LogP contribution >= 0.6 is 0 Å². The summed E-state index contributed by atoms with van der Waals surface area (Å²) in [4.78, 5) is 12.6. The van der Waals surface area contributed by atoms with E-state index in [4.69, 9.17) is 4.42 Å². The molecule has 2 unspecified atom stereocenters. The Morgan fingerprint density at radius 3 is 2.54 bits per heavy atom. The van der Waals surface area contributed by atoms with Gasteiger partial charge < -0.3 is 14.6 Å². The highest BCUT2D eigenvalue weighted by atomic mass is 16.4. The highest BCUT2D eigenvalue weighted by Crippen LogP contribution is 2.86. The van der Waals surface area contributed by atoms with E-state index in [0.717, 1.165) is 17.8 Å². The van der Waals surface area contributed by atoms with Crippen molar-refractivity contribution in [2.75, 3.05) is 0 Å². The number of aromatic hydroxyl groups is 2. The zero-order chi connectivity index (χ0) is 17.6. The van der Waals surface area contributed by atoms with E-state index in [1.165, 1.54) is 37.0 Å². The molecule has 1 heterocycles. The van der Waals surface area contributed by atoms with Gasteiger partial charge in [-0.05, 0) is 72.6 Å². The Bertz CT molecular complexity index is 1120. The molecule has 3 aromatic rings. The molecule has 3 aliphatic carbocycles. The van der Waals surface area contributed by atoms with E-state index in [9.17, 15) is 15.0 Å². The molecule has 2 aromatic carbocycles. The van der Waals surface area contributed by atoms with Crippen LogP contribution in [0, 0.1) is 17.8 Å². The molecule has 0 radical (unpaired) electrons. The first-order valence-corrected chi connectivity index (χ1v) is 9.21. The minimum absolute atomic E-state index is 0.123. The predicted octanol–water partition coefficient (Wildman–Crippen LogP) is 4.17. The minimum atomic E-state index is -0.416. The van der Waals surface area contributed by atoms with Gasteiger partial charge in [-0.2, -0.15) is 0 Å². The van der Waals surface area contributed by atoms with Crippen molar-refractivity contribution in [2.45, 2.75) is 24.7 Å². The van der Waals surface area contributed by atoms with Gasteiger partial charge >= 0.3 is 0 Å². The summed E-state index contributed by atoms with van der Waals surface area (Å²) >= 11 is 0. The Morgan fingerprint density at radius 2 is 1.81 bits per heavy atom. The number of hydrogen-bond acceptors (Lipinski definition) is 4. The number of benzene rings is 2. The van der Waals surface area contributed by atoms with Crippen LogP contribution in [0.1, 0.15) is 24.8 Å². The van der Waals surface area contributed by atoms with Crippen molar-refractivity contribution in [1.29, 1.82) is 0 Å². The van der Waals surface area contributed by atoms with E-state index in [1.807, 2.05) is 12.1 Å². The molecule has 0 spiro atoms. The SMILES string of the molecule is O=c1c(O)c(-c2ccc(O)cc2)oc2cc(C34CCCC5C3C54)ccc12. The number of rotatable bonds is 2. The molecule has 0 amide bonds. The van der Waals surface area contributed by atoms with Crippen molar-refractivity contribution in [1.82, 2.24) is 0 Å². The monoisotopic (exact) mass is 346 g/mol. The molecule has 4 heteroatoms. The molecule has 3 aliphatic rings. The molecular weight excluding hydrogens is 328 g/mol. The number of phenolic OH excluding ortho intramolecular Hbond substituents is 1. The third-order valence-corrected chi connectivity index (χ3v) is 6.91.